The quantitative estimate of drug-likeness (QED) is 0.447. The zero-order valence-corrected chi connectivity index (χ0v) is 19.8. The normalized spacial score (nSPS) is 25.5. The number of amidine groups is 1. The molecule has 1 aromatic carbocycles. The highest BCUT2D eigenvalue weighted by molar-refractivity contribution is 8.15. The summed E-state index contributed by atoms with van der Waals surface area (Å²) in [5, 5.41) is 2.87. The highest BCUT2D eigenvalue weighted by Crippen LogP contribution is 2.68. The molecule has 1 aliphatic carbocycles. The summed E-state index contributed by atoms with van der Waals surface area (Å²) >= 11 is 0.801. The van der Waals surface area contributed by atoms with Crippen molar-refractivity contribution < 1.29 is 22.3 Å². The maximum absolute atomic E-state index is 15.0. The summed E-state index contributed by atoms with van der Waals surface area (Å²) in [5.74, 6) is -2.41. The Balaban J connectivity index is 1.54. The molecular formula is C23H22F4N6OS. The first-order chi connectivity index (χ1) is 16.5. The second kappa shape index (κ2) is 8.21. The number of anilines is 2. The summed E-state index contributed by atoms with van der Waals surface area (Å²) in [6.45, 7) is 5.23. The van der Waals surface area contributed by atoms with Gasteiger partial charge in [0.1, 0.15) is 5.52 Å². The molecule has 1 saturated carbocycles. The van der Waals surface area contributed by atoms with E-state index in [9.17, 15) is 13.2 Å². The van der Waals surface area contributed by atoms with E-state index >= 15 is 4.39 Å². The van der Waals surface area contributed by atoms with Crippen LogP contribution in [0.4, 0.5) is 29.1 Å². The molecule has 0 amide bonds. The number of aromatic nitrogens is 3. The molecule has 1 aliphatic heterocycles. The van der Waals surface area contributed by atoms with Crippen LogP contribution in [-0.4, -0.2) is 37.4 Å². The first-order valence-corrected chi connectivity index (χ1v) is 11.7. The number of fused-ring (bicyclic) bond motifs is 2. The van der Waals surface area contributed by atoms with Crippen molar-refractivity contribution in [2.75, 3.05) is 5.32 Å². The number of ether oxygens (including phenoxy) is 1. The fourth-order valence-electron chi connectivity index (χ4n) is 4.59. The minimum absolute atomic E-state index is 0.0786. The molecule has 3 N–H and O–H groups in total. The minimum atomic E-state index is -2.68. The van der Waals surface area contributed by atoms with Crippen molar-refractivity contribution in [1.29, 1.82) is 0 Å². The van der Waals surface area contributed by atoms with Crippen LogP contribution in [0.1, 0.15) is 32.8 Å². The number of hydrogen-bond donors (Lipinski definition) is 2. The second-order valence-corrected chi connectivity index (χ2v) is 10.4. The molecule has 1 unspecified atom stereocenters. The molecule has 3 atom stereocenters. The Labute approximate surface area is 202 Å². The van der Waals surface area contributed by atoms with E-state index in [0.29, 0.717) is 16.9 Å². The molecule has 0 bridgehead atoms. The highest BCUT2D eigenvalue weighted by atomic mass is 32.2. The number of nitrogens with zero attached hydrogens (tertiary/aromatic N) is 4. The first-order valence-electron chi connectivity index (χ1n) is 10.9. The number of aliphatic imine (C=N–C) groups is 1. The maximum atomic E-state index is 15.0. The molecule has 5 rings (SSSR count). The zero-order chi connectivity index (χ0) is 25.1. The smallest absolute Gasteiger partial charge is 0.253 e. The summed E-state index contributed by atoms with van der Waals surface area (Å²) in [4.78, 5) is 17.3. The van der Waals surface area contributed by atoms with E-state index < -0.39 is 34.3 Å². The molecule has 7 nitrogen and oxygen atoms in total. The number of alkyl halides is 2. The van der Waals surface area contributed by atoms with Gasteiger partial charge in [-0.15, -0.1) is 0 Å². The summed E-state index contributed by atoms with van der Waals surface area (Å²) in [6.07, 6.45) is 0.263. The lowest BCUT2D eigenvalue weighted by Crippen LogP contribution is -2.39. The molecule has 0 saturated heterocycles. The van der Waals surface area contributed by atoms with Crippen LogP contribution in [0.2, 0.25) is 0 Å². The van der Waals surface area contributed by atoms with E-state index in [1.54, 1.807) is 6.07 Å². The number of benzene rings is 1. The van der Waals surface area contributed by atoms with Gasteiger partial charge in [0.2, 0.25) is 5.88 Å². The van der Waals surface area contributed by atoms with E-state index in [1.165, 1.54) is 25.4 Å². The van der Waals surface area contributed by atoms with Gasteiger partial charge < -0.3 is 15.8 Å². The summed E-state index contributed by atoms with van der Waals surface area (Å²) < 4.78 is 61.6. The van der Waals surface area contributed by atoms with E-state index in [2.05, 4.69) is 25.3 Å². The number of nitrogens with two attached hydrogens (primary N) is 1. The third kappa shape index (κ3) is 3.93. The van der Waals surface area contributed by atoms with Crippen LogP contribution in [-0.2, 0) is 5.54 Å². The molecule has 12 heteroatoms. The Hall–Kier alpha value is -3.15. The molecule has 2 aromatic heterocycles. The predicted molar refractivity (Wildman–Crippen MR) is 126 cm³/mol. The van der Waals surface area contributed by atoms with Gasteiger partial charge in [0, 0.05) is 29.4 Å². The monoisotopic (exact) mass is 506 g/mol. The Kier molecular flexibility index (Phi) is 5.53. The van der Waals surface area contributed by atoms with Crippen molar-refractivity contribution in [2.45, 2.75) is 50.0 Å². The number of nitrogens with one attached hydrogen (secondary N) is 1. The minimum Gasteiger partial charge on any atom is -0.474 e. The molecule has 2 aliphatic rings. The van der Waals surface area contributed by atoms with Crippen LogP contribution in [0.3, 0.4) is 0 Å². The second-order valence-electron chi connectivity index (χ2n) is 9.06. The number of rotatable bonds is 6. The number of hydrogen-bond acceptors (Lipinski definition) is 8. The molecule has 0 radical (unpaired) electrons. The van der Waals surface area contributed by atoms with Crippen molar-refractivity contribution in [1.82, 2.24) is 15.0 Å². The maximum Gasteiger partial charge on any atom is 0.253 e. The average molecular weight is 507 g/mol. The molecule has 3 heterocycles. The summed E-state index contributed by atoms with van der Waals surface area (Å²) in [7, 11) is 0. The van der Waals surface area contributed by atoms with Crippen molar-refractivity contribution >= 4 is 39.5 Å². The van der Waals surface area contributed by atoms with Gasteiger partial charge in [0.05, 0.1) is 28.1 Å². The predicted octanol–water partition coefficient (Wildman–Crippen LogP) is 5.13. The van der Waals surface area contributed by atoms with E-state index in [1.807, 2.05) is 13.8 Å². The van der Waals surface area contributed by atoms with Crippen LogP contribution in [0.15, 0.2) is 35.6 Å². The van der Waals surface area contributed by atoms with Crippen LogP contribution in [0.25, 0.3) is 11.0 Å². The molecule has 184 valence electrons. The van der Waals surface area contributed by atoms with E-state index in [0.717, 1.165) is 17.8 Å². The number of halogens is 4. The van der Waals surface area contributed by atoms with Gasteiger partial charge in [0.25, 0.3) is 6.43 Å². The van der Waals surface area contributed by atoms with Gasteiger partial charge in [-0.1, -0.05) is 11.8 Å². The fourth-order valence-corrected chi connectivity index (χ4v) is 5.93. The van der Waals surface area contributed by atoms with E-state index in [-0.39, 0.29) is 34.8 Å². The van der Waals surface area contributed by atoms with Gasteiger partial charge in [-0.2, -0.15) is 0 Å². The lowest BCUT2D eigenvalue weighted by Gasteiger charge is -2.34. The topological polar surface area (TPSA) is 98.3 Å². The van der Waals surface area contributed by atoms with Crippen LogP contribution in [0.5, 0.6) is 5.88 Å². The van der Waals surface area contributed by atoms with Crippen molar-refractivity contribution in [3.05, 3.63) is 47.8 Å². The Bertz CT molecular complexity index is 1360. The lowest BCUT2D eigenvalue weighted by atomic mass is 9.85. The van der Waals surface area contributed by atoms with Crippen LogP contribution >= 0.6 is 11.8 Å². The van der Waals surface area contributed by atoms with Crippen molar-refractivity contribution in [2.24, 2.45) is 16.6 Å². The molecular weight excluding hydrogens is 484 g/mol. The molecule has 3 aromatic rings. The fraction of sp³-hybridized carbons (Fsp3) is 0.391. The highest BCUT2D eigenvalue weighted by Gasteiger charge is 2.71. The van der Waals surface area contributed by atoms with Gasteiger partial charge in [0.15, 0.2) is 22.6 Å². The summed E-state index contributed by atoms with van der Waals surface area (Å²) in [6, 6.07) is 3.96. The SMILES string of the molecule is CC(C)Oc1cnc2c(Nc3cc(F)c(F)c([C@@]4(C)N=C(N)S[C@@]5(C(F)F)CC54)c3)nccc2n1. The number of pyridine rings is 1. The Morgan fingerprint density at radius 3 is 2.71 bits per heavy atom. The zero-order valence-electron chi connectivity index (χ0n) is 19.0. The van der Waals surface area contributed by atoms with Gasteiger partial charge in [-0.05, 0) is 39.3 Å². The van der Waals surface area contributed by atoms with Gasteiger partial charge >= 0.3 is 0 Å². The molecule has 0 spiro atoms. The van der Waals surface area contributed by atoms with Gasteiger partial charge in [-0.3, -0.25) is 4.99 Å². The average Bonchev–Trinajstić information content (AvgIpc) is 3.52. The van der Waals surface area contributed by atoms with E-state index in [4.69, 9.17) is 10.5 Å². The van der Waals surface area contributed by atoms with Crippen LogP contribution < -0.4 is 15.8 Å². The summed E-state index contributed by atoms with van der Waals surface area (Å²) in [5.41, 5.74) is 5.26. The molecule has 1 fully saturated rings. The van der Waals surface area contributed by atoms with Crippen LogP contribution in [0, 0.1) is 17.6 Å². The van der Waals surface area contributed by atoms with Gasteiger partial charge in [-0.25, -0.2) is 32.5 Å². The standard InChI is InChI=1S/C23H22F4N6OS/c1-10(2)34-16-9-30-18-14(32-16)4-5-29-19(18)31-11-6-12(17(25)13(24)7-11)22(3)15-8-23(15,20(26)27)35-21(28)33-22/h4-7,9-10,15,20H,8H2,1-3H3,(H2,28,33)(H,29,31)/t15?,22-,23+/m1/s1. The Morgan fingerprint density at radius 1 is 1.23 bits per heavy atom. The molecule has 35 heavy (non-hydrogen) atoms. The van der Waals surface area contributed by atoms with Crippen molar-refractivity contribution in [3.63, 3.8) is 0 Å². The van der Waals surface area contributed by atoms with Crippen molar-refractivity contribution in [3.8, 4) is 5.88 Å². The first kappa shape index (κ1) is 23.6. The third-order valence-electron chi connectivity index (χ3n) is 6.27. The largest absolute Gasteiger partial charge is 0.474 e. The lowest BCUT2D eigenvalue weighted by molar-refractivity contribution is 0.123. The third-order valence-corrected chi connectivity index (χ3v) is 7.58. The number of thioether (sulfide) groups is 1. The Morgan fingerprint density at radius 2 is 2.00 bits per heavy atom.